The maximum absolute atomic E-state index is 13.5. The lowest BCUT2D eigenvalue weighted by atomic mass is 10.1. The van der Waals surface area contributed by atoms with Gasteiger partial charge in [-0.05, 0) is 46.1 Å². The van der Waals surface area contributed by atoms with E-state index in [1.807, 2.05) is 6.92 Å². The largest absolute Gasteiger partial charge is 0.340 e. The summed E-state index contributed by atoms with van der Waals surface area (Å²) in [5, 5.41) is 2.68. The first-order chi connectivity index (χ1) is 10.4. The second-order valence-electron chi connectivity index (χ2n) is 5.19. The molecule has 0 saturated heterocycles. The van der Waals surface area contributed by atoms with Gasteiger partial charge in [0.25, 0.3) is 5.56 Å². The summed E-state index contributed by atoms with van der Waals surface area (Å²) in [6, 6.07) is 4.55. The highest BCUT2D eigenvalue weighted by molar-refractivity contribution is 9.09. The molecule has 2 aromatic rings. The van der Waals surface area contributed by atoms with Crippen molar-refractivity contribution in [1.29, 1.82) is 0 Å². The molecule has 116 valence electrons. The maximum Gasteiger partial charge on any atom is 0.329 e. The number of hydrogen-bond acceptors (Lipinski definition) is 4. The molecule has 8 heteroatoms. The normalized spacial score (nSPS) is 16.5. The molecule has 3 rings (SSSR count). The van der Waals surface area contributed by atoms with Gasteiger partial charge in [0.05, 0.1) is 0 Å². The van der Waals surface area contributed by atoms with Gasteiger partial charge in [-0.15, -0.1) is 0 Å². The van der Waals surface area contributed by atoms with Crippen LogP contribution in [-0.2, 0) is 13.6 Å². The molecular weight excluding hydrogens is 355 g/mol. The van der Waals surface area contributed by atoms with Gasteiger partial charge in [-0.2, -0.15) is 0 Å². The number of fused-ring (bicyclic) bond motifs is 1. The van der Waals surface area contributed by atoms with Gasteiger partial charge in [-0.1, -0.05) is 6.07 Å². The van der Waals surface area contributed by atoms with Crippen LogP contribution in [0.15, 0.2) is 27.8 Å². The molecule has 0 aliphatic carbocycles. The fraction of sp³-hybridized carbons (Fsp3) is 0.286. The average molecular weight is 369 g/mol. The zero-order valence-electron chi connectivity index (χ0n) is 12.0. The average Bonchev–Trinajstić information content (AvgIpc) is 2.78. The standard InChI is InChI=1S/C14H14BrFN4O2/c1-7-3-4-9(16)5-8(7)6-20-10-11(17-13(20)15)19(2)14(22)18-12(10)21/h3-5,13,17H,6H2,1-2H3,(H,18,21,22). The predicted octanol–water partition coefficient (Wildman–Crippen LogP) is 1.63. The van der Waals surface area contributed by atoms with E-state index < -0.39 is 11.2 Å². The van der Waals surface area contributed by atoms with Crippen molar-refractivity contribution in [3.8, 4) is 0 Å². The molecule has 6 nitrogen and oxygen atoms in total. The third kappa shape index (κ3) is 2.33. The Bertz CT molecular complexity index is 861. The third-order valence-corrected chi connectivity index (χ3v) is 4.49. The Morgan fingerprint density at radius 1 is 1.36 bits per heavy atom. The predicted molar refractivity (Wildman–Crippen MR) is 86.0 cm³/mol. The quantitative estimate of drug-likeness (QED) is 0.624. The van der Waals surface area contributed by atoms with Crippen LogP contribution in [-0.4, -0.2) is 14.6 Å². The zero-order valence-corrected chi connectivity index (χ0v) is 13.6. The van der Waals surface area contributed by atoms with E-state index in [1.165, 1.54) is 16.7 Å². The summed E-state index contributed by atoms with van der Waals surface area (Å²) in [5.74, 6) is 0.109. The Morgan fingerprint density at radius 3 is 2.82 bits per heavy atom. The van der Waals surface area contributed by atoms with E-state index in [-0.39, 0.29) is 10.9 Å². The van der Waals surface area contributed by atoms with Crippen molar-refractivity contribution in [2.75, 3.05) is 10.2 Å². The highest BCUT2D eigenvalue weighted by atomic mass is 79.9. The fourth-order valence-electron chi connectivity index (χ4n) is 2.50. The smallest absolute Gasteiger partial charge is 0.329 e. The molecule has 0 radical (unpaired) electrons. The van der Waals surface area contributed by atoms with Gasteiger partial charge in [-0.25, -0.2) is 9.18 Å². The molecule has 0 amide bonds. The summed E-state index contributed by atoms with van der Waals surface area (Å²) >= 11 is 3.43. The highest BCUT2D eigenvalue weighted by Crippen LogP contribution is 2.33. The molecule has 1 aliphatic heterocycles. The molecule has 1 aromatic heterocycles. The molecule has 0 bridgehead atoms. The Hall–Kier alpha value is -2.09. The minimum atomic E-state index is -0.486. The van der Waals surface area contributed by atoms with Gasteiger partial charge in [0.1, 0.15) is 17.3 Å². The van der Waals surface area contributed by atoms with Crippen LogP contribution in [0.5, 0.6) is 0 Å². The molecular formula is C14H14BrFN4O2. The Morgan fingerprint density at radius 2 is 2.09 bits per heavy atom. The van der Waals surface area contributed by atoms with Crippen molar-refractivity contribution in [2.45, 2.75) is 18.5 Å². The van der Waals surface area contributed by atoms with Crippen LogP contribution in [0.25, 0.3) is 0 Å². The second-order valence-corrected chi connectivity index (χ2v) is 6.06. The first kappa shape index (κ1) is 14.8. The number of aromatic nitrogens is 2. The van der Waals surface area contributed by atoms with Crippen LogP contribution in [0.4, 0.5) is 15.9 Å². The first-order valence-corrected chi connectivity index (χ1v) is 7.55. The van der Waals surface area contributed by atoms with Gasteiger partial charge in [0.2, 0.25) is 0 Å². The molecule has 22 heavy (non-hydrogen) atoms. The molecule has 0 fully saturated rings. The number of benzene rings is 1. The summed E-state index contributed by atoms with van der Waals surface area (Å²) < 4.78 is 14.8. The number of aryl methyl sites for hydroxylation is 1. The van der Waals surface area contributed by atoms with E-state index in [4.69, 9.17) is 0 Å². The number of H-pyrrole nitrogens is 1. The minimum Gasteiger partial charge on any atom is -0.340 e. The van der Waals surface area contributed by atoms with E-state index in [0.29, 0.717) is 18.1 Å². The summed E-state index contributed by atoms with van der Waals surface area (Å²) in [6.45, 7) is 2.22. The lowest BCUT2D eigenvalue weighted by Gasteiger charge is -2.22. The molecule has 1 unspecified atom stereocenters. The van der Waals surface area contributed by atoms with Crippen LogP contribution in [0, 0.1) is 12.7 Å². The van der Waals surface area contributed by atoms with Crippen molar-refractivity contribution in [3.63, 3.8) is 0 Å². The van der Waals surface area contributed by atoms with Gasteiger partial charge < -0.3 is 10.2 Å². The number of nitrogens with one attached hydrogen (secondary N) is 2. The van der Waals surface area contributed by atoms with E-state index in [0.717, 1.165) is 11.1 Å². The third-order valence-electron chi connectivity index (χ3n) is 3.77. The Labute approximate surface area is 133 Å². The Kier molecular flexibility index (Phi) is 3.56. The molecule has 1 aromatic carbocycles. The topological polar surface area (TPSA) is 70.1 Å². The number of aromatic amines is 1. The van der Waals surface area contributed by atoms with Crippen molar-refractivity contribution in [1.82, 2.24) is 9.55 Å². The van der Waals surface area contributed by atoms with Gasteiger partial charge in [0, 0.05) is 13.6 Å². The van der Waals surface area contributed by atoms with Crippen molar-refractivity contribution in [2.24, 2.45) is 7.05 Å². The van der Waals surface area contributed by atoms with Gasteiger partial charge >= 0.3 is 5.69 Å². The van der Waals surface area contributed by atoms with E-state index in [1.54, 1.807) is 18.0 Å². The number of hydrogen-bond donors (Lipinski definition) is 2. The molecule has 1 atom stereocenters. The van der Waals surface area contributed by atoms with E-state index in [2.05, 4.69) is 26.2 Å². The fourth-order valence-corrected chi connectivity index (χ4v) is 3.06. The molecule has 2 N–H and O–H groups in total. The van der Waals surface area contributed by atoms with Crippen LogP contribution in [0.2, 0.25) is 0 Å². The van der Waals surface area contributed by atoms with Gasteiger partial charge in [-0.3, -0.25) is 14.3 Å². The number of alkyl halides is 1. The van der Waals surface area contributed by atoms with Crippen molar-refractivity contribution in [3.05, 3.63) is 56.0 Å². The van der Waals surface area contributed by atoms with E-state index >= 15 is 0 Å². The van der Waals surface area contributed by atoms with Crippen LogP contribution in [0.1, 0.15) is 11.1 Å². The molecule has 0 spiro atoms. The molecule has 2 heterocycles. The summed E-state index contributed by atoms with van der Waals surface area (Å²) in [5.41, 5.74) is 1.09. The van der Waals surface area contributed by atoms with Crippen molar-refractivity contribution < 1.29 is 4.39 Å². The first-order valence-electron chi connectivity index (χ1n) is 6.64. The van der Waals surface area contributed by atoms with Gasteiger partial charge in [0.15, 0.2) is 5.08 Å². The number of halogens is 2. The lowest BCUT2D eigenvalue weighted by molar-refractivity contribution is 0.624. The summed E-state index contributed by atoms with van der Waals surface area (Å²) in [7, 11) is 1.57. The number of nitrogens with zero attached hydrogens (tertiary/aromatic N) is 2. The highest BCUT2D eigenvalue weighted by Gasteiger charge is 2.32. The number of anilines is 2. The van der Waals surface area contributed by atoms with Crippen LogP contribution < -0.4 is 21.5 Å². The summed E-state index contributed by atoms with van der Waals surface area (Å²) in [6.07, 6.45) is 0. The summed E-state index contributed by atoms with van der Waals surface area (Å²) in [4.78, 5) is 27.8. The monoisotopic (exact) mass is 368 g/mol. The lowest BCUT2D eigenvalue weighted by Crippen LogP contribution is -2.34. The SMILES string of the molecule is Cc1ccc(F)cc1CN1c2c(n(C)c(=O)[nH]c2=O)NC1Br. The maximum atomic E-state index is 13.5. The molecule has 1 aliphatic rings. The Balaban J connectivity index is 2.08. The van der Waals surface area contributed by atoms with Crippen LogP contribution in [0.3, 0.4) is 0 Å². The zero-order chi connectivity index (χ0) is 16.0. The van der Waals surface area contributed by atoms with Crippen LogP contribution >= 0.6 is 15.9 Å². The van der Waals surface area contributed by atoms with Crippen molar-refractivity contribution >= 4 is 27.4 Å². The minimum absolute atomic E-state index is 0.325. The number of rotatable bonds is 2. The molecule has 0 saturated carbocycles. The van der Waals surface area contributed by atoms with E-state index in [9.17, 15) is 14.0 Å². The second kappa shape index (κ2) is 5.28.